The summed E-state index contributed by atoms with van der Waals surface area (Å²) in [5.41, 5.74) is 0.546. The summed E-state index contributed by atoms with van der Waals surface area (Å²) in [6, 6.07) is 7.09. The van der Waals surface area contributed by atoms with E-state index >= 15 is 0 Å². The molecule has 0 atom stereocenters. The van der Waals surface area contributed by atoms with Gasteiger partial charge in [-0.2, -0.15) is 0 Å². The maximum Gasteiger partial charge on any atom is 0.258 e. The summed E-state index contributed by atoms with van der Waals surface area (Å²) in [5.74, 6) is 0.451. The average Bonchev–Trinajstić information content (AvgIpc) is 2.46. The van der Waals surface area contributed by atoms with Crippen molar-refractivity contribution in [3.05, 3.63) is 29.8 Å². The maximum atomic E-state index is 11.7. The molecular formula is C15H19NO3. The van der Waals surface area contributed by atoms with Gasteiger partial charge in [-0.05, 0) is 25.0 Å². The van der Waals surface area contributed by atoms with Crippen molar-refractivity contribution in [2.24, 2.45) is 0 Å². The molecule has 0 aliphatic heterocycles. The molecule has 19 heavy (non-hydrogen) atoms. The van der Waals surface area contributed by atoms with Gasteiger partial charge in [0.2, 0.25) is 0 Å². The van der Waals surface area contributed by atoms with Crippen LogP contribution in [0.15, 0.2) is 24.3 Å². The van der Waals surface area contributed by atoms with Crippen LogP contribution >= 0.6 is 0 Å². The van der Waals surface area contributed by atoms with Crippen LogP contribution in [0.25, 0.3) is 0 Å². The Morgan fingerprint density at radius 1 is 1.32 bits per heavy atom. The zero-order valence-electron chi connectivity index (χ0n) is 10.9. The smallest absolute Gasteiger partial charge is 0.258 e. The molecule has 1 aromatic carbocycles. The summed E-state index contributed by atoms with van der Waals surface area (Å²) in [6.07, 6.45) is 6.52. The van der Waals surface area contributed by atoms with Crippen LogP contribution in [-0.2, 0) is 4.79 Å². The third kappa shape index (κ3) is 4.39. The van der Waals surface area contributed by atoms with E-state index in [0.29, 0.717) is 17.4 Å². The highest BCUT2D eigenvalue weighted by Crippen LogP contribution is 2.17. The van der Waals surface area contributed by atoms with Crippen LogP contribution in [0.2, 0.25) is 0 Å². The molecule has 1 N–H and O–H groups in total. The first-order valence-electron chi connectivity index (χ1n) is 6.75. The Hall–Kier alpha value is -1.84. The molecule has 102 valence electrons. The summed E-state index contributed by atoms with van der Waals surface area (Å²) >= 11 is 0. The summed E-state index contributed by atoms with van der Waals surface area (Å²) in [6.45, 7) is -0.00118. The molecule has 0 spiro atoms. The second kappa shape index (κ2) is 6.92. The predicted octanol–water partition coefficient (Wildman–Crippen LogP) is 2.33. The number of hydrogen-bond donors (Lipinski definition) is 1. The van der Waals surface area contributed by atoms with E-state index in [9.17, 15) is 9.59 Å². The highest BCUT2D eigenvalue weighted by atomic mass is 16.5. The number of carbonyl (C=O) groups is 2. The highest BCUT2D eigenvalue weighted by Gasteiger charge is 2.15. The van der Waals surface area contributed by atoms with Gasteiger partial charge in [0.25, 0.3) is 5.91 Å². The Bertz CT molecular complexity index is 439. The fraction of sp³-hybridized carbons (Fsp3) is 0.467. The van der Waals surface area contributed by atoms with E-state index in [1.165, 1.54) is 19.3 Å². The zero-order valence-corrected chi connectivity index (χ0v) is 10.9. The molecule has 2 rings (SSSR count). The number of nitrogens with one attached hydrogen (secondary N) is 1. The van der Waals surface area contributed by atoms with E-state index in [1.54, 1.807) is 24.3 Å². The molecule has 4 nitrogen and oxygen atoms in total. The summed E-state index contributed by atoms with van der Waals surface area (Å²) in [4.78, 5) is 22.4. The summed E-state index contributed by atoms with van der Waals surface area (Å²) < 4.78 is 5.38. The molecule has 0 radical (unpaired) electrons. The van der Waals surface area contributed by atoms with E-state index in [-0.39, 0.29) is 12.5 Å². The lowest BCUT2D eigenvalue weighted by atomic mass is 9.95. The lowest BCUT2D eigenvalue weighted by Crippen LogP contribution is -2.38. The van der Waals surface area contributed by atoms with Gasteiger partial charge in [0.1, 0.15) is 12.0 Å². The molecule has 1 saturated carbocycles. The normalized spacial score (nSPS) is 15.8. The Balaban J connectivity index is 1.77. The van der Waals surface area contributed by atoms with Crippen LogP contribution in [0.4, 0.5) is 0 Å². The molecule has 0 saturated heterocycles. The number of carbonyl (C=O) groups excluding carboxylic acids is 2. The Morgan fingerprint density at radius 3 is 2.84 bits per heavy atom. The third-order valence-electron chi connectivity index (χ3n) is 3.33. The minimum atomic E-state index is -0.0941. The Morgan fingerprint density at radius 2 is 2.11 bits per heavy atom. The van der Waals surface area contributed by atoms with Crippen LogP contribution in [0.3, 0.4) is 0 Å². The van der Waals surface area contributed by atoms with Crippen molar-refractivity contribution in [3.63, 3.8) is 0 Å². The highest BCUT2D eigenvalue weighted by molar-refractivity contribution is 5.78. The van der Waals surface area contributed by atoms with Crippen LogP contribution in [0.1, 0.15) is 42.5 Å². The van der Waals surface area contributed by atoms with Crippen LogP contribution in [0, 0.1) is 0 Å². The minimum absolute atomic E-state index is 0.00118. The SMILES string of the molecule is O=Cc1cccc(OCC(=O)NC2CCCCC2)c1. The third-order valence-corrected chi connectivity index (χ3v) is 3.33. The van der Waals surface area contributed by atoms with Gasteiger partial charge in [-0.25, -0.2) is 0 Å². The zero-order chi connectivity index (χ0) is 13.5. The molecule has 1 amide bonds. The molecular weight excluding hydrogens is 242 g/mol. The first-order chi connectivity index (χ1) is 9.28. The van der Waals surface area contributed by atoms with Crippen molar-refractivity contribution < 1.29 is 14.3 Å². The number of ether oxygens (including phenoxy) is 1. The molecule has 0 aromatic heterocycles. The fourth-order valence-electron chi connectivity index (χ4n) is 2.34. The van der Waals surface area contributed by atoms with Crippen LogP contribution < -0.4 is 10.1 Å². The fourth-order valence-corrected chi connectivity index (χ4v) is 2.34. The number of amides is 1. The first kappa shape index (κ1) is 13.6. The van der Waals surface area contributed by atoms with Crippen molar-refractivity contribution in [1.82, 2.24) is 5.32 Å². The van der Waals surface area contributed by atoms with Crippen molar-refractivity contribution in [1.29, 1.82) is 0 Å². The van der Waals surface area contributed by atoms with Crippen molar-refractivity contribution >= 4 is 12.2 Å². The number of rotatable bonds is 5. The Labute approximate surface area is 113 Å². The van der Waals surface area contributed by atoms with Crippen LogP contribution in [-0.4, -0.2) is 24.8 Å². The maximum absolute atomic E-state index is 11.7. The molecule has 0 unspecified atom stereocenters. The Kier molecular flexibility index (Phi) is 4.95. The second-order valence-corrected chi connectivity index (χ2v) is 4.88. The molecule has 1 aromatic rings. The van der Waals surface area contributed by atoms with Gasteiger partial charge in [-0.3, -0.25) is 9.59 Å². The summed E-state index contributed by atoms with van der Waals surface area (Å²) in [7, 11) is 0. The topological polar surface area (TPSA) is 55.4 Å². The number of aldehydes is 1. The van der Waals surface area contributed by atoms with Gasteiger partial charge in [0.15, 0.2) is 6.61 Å². The standard InChI is InChI=1S/C15H19NO3/c17-10-12-5-4-8-14(9-12)19-11-15(18)16-13-6-2-1-3-7-13/h4-5,8-10,13H,1-3,6-7,11H2,(H,16,18). The molecule has 4 heteroatoms. The van der Waals surface area contributed by atoms with Crippen molar-refractivity contribution in [3.8, 4) is 5.75 Å². The molecule has 0 bridgehead atoms. The van der Waals surface area contributed by atoms with E-state index in [0.717, 1.165) is 19.1 Å². The van der Waals surface area contributed by atoms with Crippen LogP contribution in [0.5, 0.6) is 5.75 Å². The molecule has 1 fully saturated rings. The quantitative estimate of drug-likeness (QED) is 0.828. The van der Waals surface area contributed by atoms with Crippen molar-refractivity contribution in [2.75, 3.05) is 6.61 Å². The largest absolute Gasteiger partial charge is 0.484 e. The lowest BCUT2D eigenvalue weighted by Gasteiger charge is -2.22. The van der Waals surface area contributed by atoms with Crippen molar-refractivity contribution in [2.45, 2.75) is 38.1 Å². The second-order valence-electron chi connectivity index (χ2n) is 4.88. The molecule has 0 heterocycles. The first-order valence-corrected chi connectivity index (χ1v) is 6.75. The van der Waals surface area contributed by atoms with Gasteiger partial charge >= 0.3 is 0 Å². The van der Waals surface area contributed by atoms with Gasteiger partial charge in [0, 0.05) is 11.6 Å². The average molecular weight is 261 g/mol. The number of benzene rings is 1. The lowest BCUT2D eigenvalue weighted by molar-refractivity contribution is -0.124. The molecule has 1 aliphatic rings. The van der Waals surface area contributed by atoms with Gasteiger partial charge < -0.3 is 10.1 Å². The van der Waals surface area contributed by atoms with E-state index in [2.05, 4.69) is 5.32 Å². The van der Waals surface area contributed by atoms with E-state index in [4.69, 9.17) is 4.74 Å². The monoisotopic (exact) mass is 261 g/mol. The van der Waals surface area contributed by atoms with E-state index < -0.39 is 0 Å². The van der Waals surface area contributed by atoms with Gasteiger partial charge in [-0.1, -0.05) is 31.4 Å². The minimum Gasteiger partial charge on any atom is -0.484 e. The summed E-state index contributed by atoms with van der Waals surface area (Å²) in [5, 5.41) is 2.98. The van der Waals surface area contributed by atoms with Gasteiger partial charge in [0.05, 0.1) is 0 Å². The predicted molar refractivity (Wildman–Crippen MR) is 72.3 cm³/mol. The van der Waals surface area contributed by atoms with E-state index in [1.807, 2.05) is 0 Å². The van der Waals surface area contributed by atoms with Gasteiger partial charge in [-0.15, -0.1) is 0 Å². The molecule has 1 aliphatic carbocycles. The number of hydrogen-bond acceptors (Lipinski definition) is 3.